The zero-order valence-electron chi connectivity index (χ0n) is 15.7. The molecule has 0 spiro atoms. The Bertz CT molecular complexity index is 938. The predicted octanol–water partition coefficient (Wildman–Crippen LogP) is 2.99. The zero-order chi connectivity index (χ0) is 19.6. The number of ketones is 1. The number of Topliss-reactive ketones (excluding diaryl/α,β-unsaturated/α-hetero) is 1. The lowest BCUT2D eigenvalue weighted by Crippen LogP contribution is -2.25. The van der Waals surface area contributed by atoms with E-state index in [9.17, 15) is 14.4 Å². The Hall–Kier alpha value is -2.41. The highest BCUT2D eigenvalue weighted by atomic mass is 32.2. The van der Waals surface area contributed by atoms with Crippen molar-refractivity contribution in [2.75, 3.05) is 11.4 Å². The Morgan fingerprint density at radius 1 is 1.33 bits per heavy atom. The molecule has 1 aromatic heterocycles. The summed E-state index contributed by atoms with van der Waals surface area (Å²) in [6.07, 6.45) is 2.39. The van der Waals surface area contributed by atoms with Gasteiger partial charge in [0, 0.05) is 36.5 Å². The standard InChI is InChI=1S/C20H23N3O3S/c1-4-5-16-11-18(25)22-20(21-16)27-12(2)19(26)15-6-7-17-14(10-15)8-9-23(17)13(3)24/h6-7,10-12H,4-5,8-9H2,1-3H3,(H,21,22,25)/t12-/m1/s1. The number of aromatic amines is 1. The lowest BCUT2D eigenvalue weighted by Gasteiger charge is -2.15. The van der Waals surface area contributed by atoms with Crippen molar-refractivity contribution in [3.8, 4) is 0 Å². The topological polar surface area (TPSA) is 83.1 Å². The Morgan fingerprint density at radius 3 is 2.81 bits per heavy atom. The maximum atomic E-state index is 12.8. The van der Waals surface area contributed by atoms with Crippen LogP contribution in [0.2, 0.25) is 0 Å². The predicted molar refractivity (Wildman–Crippen MR) is 107 cm³/mol. The fourth-order valence-electron chi connectivity index (χ4n) is 3.26. The van der Waals surface area contributed by atoms with Crippen molar-refractivity contribution >= 4 is 29.1 Å². The molecule has 0 fully saturated rings. The number of nitrogens with one attached hydrogen (secondary N) is 1. The minimum atomic E-state index is -0.381. The number of benzene rings is 1. The van der Waals surface area contributed by atoms with Gasteiger partial charge in [-0.1, -0.05) is 25.1 Å². The minimum absolute atomic E-state index is 0.0127. The van der Waals surface area contributed by atoms with E-state index in [1.54, 1.807) is 17.9 Å². The van der Waals surface area contributed by atoms with E-state index in [0.29, 0.717) is 17.3 Å². The summed E-state index contributed by atoms with van der Waals surface area (Å²) in [4.78, 5) is 45.2. The van der Waals surface area contributed by atoms with Gasteiger partial charge in [0.25, 0.3) is 5.56 Å². The van der Waals surface area contributed by atoms with Crippen LogP contribution >= 0.6 is 11.8 Å². The van der Waals surface area contributed by atoms with Crippen molar-refractivity contribution in [3.63, 3.8) is 0 Å². The second kappa shape index (κ2) is 8.08. The van der Waals surface area contributed by atoms with Crippen LogP contribution in [0.5, 0.6) is 0 Å². The van der Waals surface area contributed by atoms with Gasteiger partial charge in [0.15, 0.2) is 10.9 Å². The summed E-state index contributed by atoms with van der Waals surface area (Å²) < 4.78 is 0. The van der Waals surface area contributed by atoms with E-state index >= 15 is 0 Å². The number of fused-ring (bicyclic) bond motifs is 1. The van der Waals surface area contributed by atoms with Gasteiger partial charge in [-0.2, -0.15) is 0 Å². The molecule has 7 heteroatoms. The van der Waals surface area contributed by atoms with Gasteiger partial charge in [-0.05, 0) is 43.5 Å². The number of H-pyrrole nitrogens is 1. The van der Waals surface area contributed by atoms with Crippen LogP contribution in [-0.2, 0) is 17.6 Å². The van der Waals surface area contributed by atoms with Crippen LogP contribution in [0.3, 0.4) is 0 Å². The third-order valence-electron chi connectivity index (χ3n) is 4.58. The molecule has 1 aromatic carbocycles. The Balaban J connectivity index is 1.77. The SMILES string of the molecule is CCCc1cc(=O)[nH]c(S[C@H](C)C(=O)c2ccc3c(c2)CCN3C(C)=O)n1. The highest BCUT2D eigenvalue weighted by Gasteiger charge is 2.25. The van der Waals surface area contributed by atoms with E-state index in [0.717, 1.165) is 36.2 Å². The molecule has 0 saturated heterocycles. The van der Waals surface area contributed by atoms with Crippen LogP contribution in [0.25, 0.3) is 0 Å². The number of hydrogen-bond donors (Lipinski definition) is 1. The smallest absolute Gasteiger partial charge is 0.251 e. The third-order valence-corrected chi connectivity index (χ3v) is 5.56. The van der Waals surface area contributed by atoms with Crippen LogP contribution in [0.15, 0.2) is 34.2 Å². The molecule has 2 heterocycles. The molecule has 0 radical (unpaired) electrons. The van der Waals surface area contributed by atoms with Gasteiger partial charge in [-0.25, -0.2) is 4.98 Å². The number of aromatic nitrogens is 2. The number of nitrogens with zero attached hydrogens (tertiary/aromatic N) is 2. The number of carbonyl (C=O) groups excluding carboxylic acids is 2. The number of aryl methyl sites for hydroxylation is 1. The van der Waals surface area contributed by atoms with Gasteiger partial charge in [-0.3, -0.25) is 14.4 Å². The van der Waals surface area contributed by atoms with Gasteiger partial charge in [-0.15, -0.1) is 0 Å². The maximum Gasteiger partial charge on any atom is 0.251 e. The largest absolute Gasteiger partial charge is 0.312 e. The van der Waals surface area contributed by atoms with Gasteiger partial charge in [0.2, 0.25) is 5.91 Å². The lowest BCUT2D eigenvalue weighted by atomic mass is 10.0. The third kappa shape index (κ3) is 4.30. The van der Waals surface area contributed by atoms with E-state index in [2.05, 4.69) is 9.97 Å². The summed E-state index contributed by atoms with van der Waals surface area (Å²) in [5.41, 5.74) is 3.07. The van der Waals surface area contributed by atoms with Gasteiger partial charge >= 0.3 is 0 Å². The molecular formula is C20H23N3O3S. The number of hydrogen-bond acceptors (Lipinski definition) is 5. The van der Waals surface area contributed by atoms with Crippen LogP contribution in [-0.4, -0.2) is 33.5 Å². The Kier molecular flexibility index (Phi) is 5.79. The summed E-state index contributed by atoms with van der Waals surface area (Å²) in [7, 11) is 0. The summed E-state index contributed by atoms with van der Waals surface area (Å²) in [6, 6.07) is 6.99. The van der Waals surface area contributed by atoms with E-state index in [1.165, 1.54) is 17.8 Å². The molecule has 0 bridgehead atoms. The summed E-state index contributed by atoms with van der Waals surface area (Å²) in [6.45, 7) is 6.05. The first-order chi connectivity index (χ1) is 12.9. The van der Waals surface area contributed by atoms with Crippen molar-refractivity contribution in [2.45, 2.75) is 50.4 Å². The molecular weight excluding hydrogens is 362 g/mol. The Morgan fingerprint density at radius 2 is 2.11 bits per heavy atom. The highest BCUT2D eigenvalue weighted by molar-refractivity contribution is 8.00. The van der Waals surface area contributed by atoms with E-state index in [1.807, 2.05) is 26.0 Å². The quantitative estimate of drug-likeness (QED) is 0.469. The fraction of sp³-hybridized carbons (Fsp3) is 0.400. The monoisotopic (exact) mass is 385 g/mol. The Labute approximate surface area is 162 Å². The van der Waals surface area contributed by atoms with Crippen LogP contribution < -0.4 is 10.5 Å². The summed E-state index contributed by atoms with van der Waals surface area (Å²) >= 11 is 1.26. The van der Waals surface area contributed by atoms with Crippen molar-refractivity contribution in [1.82, 2.24) is 9.97 Å². The first kappa shape index (κ1) is 19.4. The lowest BCUT2D eigenvalue weighted by molar-refractivity contribution is -0.116. The molecule has 0 unspecified atom stereocenters. The fourth-order valence-corrected chi connectivity index (χ4v) is 4.17. The van der Waals surface area contributed by atoms with Crippen LogP contribution in [0.1, 0.15) is 48.8 Å². The number of rotatable bonds is 6. The van der Waals surface area contributed by atoms with E-state index in [-0.39, 0.29) is 22.5 Å². The van der Waals surface area contributed by atoms with Crippen molar-refractivity contribution in [2.24, 2.45) is 0 Å². The maximum absolute atomic E-state index is 12.8. The van der Waals surface area contributed by atoms with Gasteiger partial charge in [0.05, 0.1) is 5.25 Å². The molecule has 2 aromatic rings. The average molecular weight is 385 g/mol. The number of amides is 1. The summed E-state index contributed by atoms with van der Waals surface area (Å²) in [5.74, 6) is -0.00800. The van der Waals surface area contributed by atoms with E-state index < -0.39 is 0 Å². The number of thioether (sulfide) groups is 1. The zero-order valence-corrected chi connectivity index (χ0v) is 16.6. The molecule has 0 aliphatic carbocycles. The summed E-state index contributed by atoms with van der Waals surface area (Å²) in [5, 5.41) is 0.0871. The minimum Gasteiger partial charge on any atom is -0.312 e. The molecule has 27 heavy (non-hydrogen) atoms. The number of carbonyl (C=O) groups is 2. The number of anilines is 1. The second-order valence-electron chi connectivity index (χ2n) is 6.68. The highest BCUT2D eigenvalue weighted by Crippen LogP contribution is 2.30. The molecule has 142 valence electrons. The molecule has 0 saturated carbocycles. The van der Waals surface area contributed by atoms with E-state index in [4.69, 9.17) is 0 Å². The first-order valence-electron chi connectivity index (χ1n) is 9.11. The first-order valence-corrected chi connectivity index (χ1v) is 9.99. The molecule has 1 amide bonds. The van der Waals surface area contributed by atoms with Gasteiger partial charge < -0.3 is 9.88 Å². The van der Waals surface area contributed by atoms with Crippen LogP contribution in [0.4, 0.5) is 5.69 Å². The van der Waals surface area contributed by atoms with Crippen molar-refractivity contribution < 1.29 is 9.59 Å². The molecule has 6 nitrogen and oxygen atoms in total. The molecule has 3 rings (SSSR count). The van der Waals surface area contributed by atoms with Gasteiger partial charge in [0.1, 0.15) is 0 Å². The average Bonchev–Trinajstić information content (AvgIpc) is 3.04. The van der Waals surface area contributed by atoms with Crippen LogP contribution in [0, 0.1) is 0 Å². The molecule has 1 aliphatic heterocycles. The molecule has 1 aliphatic rings. The molecule has 1 atom stereocenters. The molecule has 1 N–H and O–H groups in total. The second-order valence-corrected chi connectivity index (χ2v) is 8.01. The van der Waals surface area contributed by atoms with Crippen molar-refractivity contribution in [3.05, 3.63) is 51.4 Å². The normalized spacial score (nSPS) is 14.1. The van der Waals surface area contributed by atoms with Crippen molar-refractivity contribution in [1.29, 1.82) is 0 Å².